The van der Waals surface area contributed by atoms with Crippen molar-refractivity contribution in [3.8, 4) is 0 Å². The number of hydrogen-bond acceptors (Lipinski definition) is 5. The van der Waals surface area contributed by atoms with Crippen LogP contribution in [-0.4, -0.2) is 41.9 Å². The number of Topliss-reactive ketones (excluding diaryl/α,β-unsaturated/α-hetero) is 1. The summed E-state index contributed by atoms with van der Waals surface area (Å²) in [5, 5.41) is 0.690. The second-order valence-corrected chi connectivity index (χ2v) is 8.44. The average molecular weight is 437 g/mol. The number of halogens is 2. The van der Waals surface area contributed by atoms with E-state index in [4.69, 9.17) is 16.6 Å². The molecule has 0 radical (unpaired) electrons. The number of carbonyl (C=O) groups is 1. The SMILES string of the molecule is O=C1C[C@@H](c2ccccc2Cl)Cc2nc(N3CCN(c4ccc(F)cc4)CC3)ncc21. The van der Waals surface area contributed by atoms with E-state index in [-0.39, 0.29) is 17.5 Å². The minimum atomic E-state index is -0.227. The van der Waals surface area contributed by atoms with E-state index in [2.05, 4.69) is 14.8 Å². The maximum absolute atomic E-state index is 13.2. The van der Waals surface area contributed by atoms with Crippen molar-refractivity contribution < 1.29 is 9.18 Å². The fraction of sp³-hybridized carbons (Fsp3) is 0.292. The highest BCUT2D eigenvalue weighted by Crippen LogP contribution is 2.35. The van der Waals surface area contributed by atoms with Crippen molar-refractivity contribution in [3.05, 3.63) is 82.4 Å². The van der Waals surface area contributed by atoms with Crippen LogP contribution in [-0.2, 0) is 6.42 Å². The molecule has 1 aliphatic heterocycles. The Bertz CT molecular complexity index is 1110. The zero-order valence-electron chi connectivity index (χ0n) is 17.0. The van der Waals surface area contributed by atoms with Gasteiger partial charge >= 0.3 is 0 Å². The molecule has 5 nitrogen and oxygen atoms in total. The number of piperazine rings is 1. The summed E-state index contributed by atoms with van der Waals surface area (Å²) >= 11 is 6.38. The third-order valence-corrected chi connectivity index (χ3v) is 6.47. The number of fused-ring (bicyclic) bond motifs is 1. The quantitative estimate of drug-likeness (QED) is 0.604. The summed E-state index contributed by atoms with van der Waals surface area (Å²) in [5.74, 6) is 0.533. The van der Waals surface area contributed by atoms with Gasteiger partial charge in [-0.2, -0.15) is 0 Å². The van der Waals surface area contributed by atoms with Crippen LogP contribution in [0, 0.1) is 5.82 Å². The Kier molecular flexibility index (Phi) is 5.32. The molecule has 1 aliphatic carbocycles. The standard InChI is InChI=1S/C24H22ClFN4O/c25-21-4-2-1-3-19(21)16-13-22-20(23(31)14-16)15-27-24(28-22)30-11-9-29(10-12-30)18-7-5-17(26)6-8-18/h1-8,15-16H,9-14H2/t16-/m0/s1. The van der Waals surface area contributed by atoms with Gasteiger partial charge in [-0.25, -0.2) is 14.4 Å². The van der Waals surface area contributed by atoms with Gasteiger partial charge in [0.2, 0.25) is 5.95 Å². The van der Waals surface area contributed by atoms with Crippen LogP contribution < -0.4 is 9.80 Å². The highest BCUT2D eigenvalue weighted by atomic mass is 35.5. The molecule has 1 atom stereocenters. The van der Waals surface area contributed by atoms with Gasteiger partial charge in [-0.05, 0) is 48.2 Å². The van der Waals surface area contributed by atoms with E-state index >= 15 is 0 Å². The third kappa shape index (κ3) is 4.00. The molecule has 0 bridgehead atoms. The molecular weight excluding hydrogens is 415 g/mol. The van der Waals surface area contributed by atoms with Crippen molar-refractivity contribution in [1.29, 1.82) is 0 Å². The predicted molar refractivity (Wildman–Crippen MR) is 120 cm³/mol. The second kappa shape index (κ2) is 8.27. The van der Waals surface area contributed by atoms with Gasteiger partial charge in [0, 0.05) is 49.5 Å². The topological polar surface area (TPSA) is 49.3 Å². The molecule has 2 aliphatic rings. The van der Waals surface area contributed by atoms with Gasteiger partial charge < -0.3 is 9.80 Å². The molecule has 158 valence electrons. The highest BCUT2D eigenvalue weighted by Gasteiger charge is 2.30. The number of nitrogens with zero attached hydrogens (tertiary/aromatic N) is 4. The highest BCUT2D eigenvalue weighted by molar-refractivity contribution is 6.31. The van der Waals surface area contributed by atoms with Gasteiger partial charge in [-0.3, -0.25) is 4.79 Å². The number of ketones is 1. The molecule has 5 rings (SSSR count). The van der Waals surface area contributed by atoms with Crippen LogP contribution in [0.15, 0.2) is 54.7 Å². The number of rotatable bonds is 3. The zero-order valence-corrected chi connectivity index (χ0v) is 17.7. The van der Waals surface area contributed by atoms with E-state index in [1.54, 1.807) is 18.3 Å². The lowest BCUT2D eigenvalue weighted by molar-refractivity contribution is 0.0962. The molecule has 31 heavy (non-hydrogen) atoms. The second-order valence-electron chi connectivity index (χ2n) is 8.03. The Morgan fingerprint density at radius 3 is 2.39 bits per heavy atom. The molecule has 7 heteroatoms. The van der Waals surface area contributed by atoms with Gasteiger partial charge in [0.25, 0.3) is 0 Å². The first-order valence-corrected chi connectivity index (χ1v) is 10.9. The monoisotopic (exact) mass is 436 g/mol. The summed E-state index contributed by atoms with van der Waals surface area (Å²) in [4.78, 5) is 26.4. The van der Waals surface area contributed by atoms with Crippen LogP contribution in [0.3, 0.4) is 0 Å². The molecule has 2 heterocycles. The summed E-state index contributed by atoms with van der Waals surface area (Å²) in [5.41, 5.74) is 3.43. The van der Waals surface area contributed by atoms with E-state index in [1.165, 1.54) is 12.1 Å². The van der Waals surface area contributed by atoms with Crippen molar-refractivity contribution in [2.24, 2.45) is 0 Å². The number of carbonyl (C=O) groups excluding carboxylic acids is 1. The molecule has 2 aromatic carbocycles. The fourth-order valence-electron chi connectivity index (χ4n) is 4.43. The first-order chi connectivity index (χ1) is 15.1. The Balaban J connectivity index is 1.32. The Morgan fingerprint density at radius 1 is 0.935 bits per heavy atom. The smallest absolute Gasteiger partial charge is 0.225 e. The van der Waals surface area contributed by atoms with Crippen LogP contribution in [0.2, 0.25) is 5.02 Å². The summed E-state index contributed by atoms with van der Waals surface area (Å²) in [6, 6.07) is 14.3. The maximum atomic E-state index is 13.2. The van der Waals surface area contributed by atoms with E-state index in [1.807, 2.05) is 24.3 Å². The number of aromatic nitrogens is 2. The molecule has 1 fully saturated rings. The zero-order chi connectivity index (χ0) is 21.4. The van der Waals surface area contributed by atoms with Crippen LogP contribution in [0.5, 0.6) is 0 Å². The van der Waals surface area contributed by atoms with E-state index in [0.29, 0.717) is 29.4 Å². The van der Waals surface area contributed by atoms with E-state index in [0.717, 1.165) is 43.1 Å². The Morgan fingerprint density at radius 2 is 1.65 bits per heavy atom. The first kappa shape index (κ1) is 19.9. The molecular formula is C24H22ClFN4O. The number of benzene rings is 2. The number of hydrogen-bond donors (Lipinski definition) is 0. The normalized spacial score (nSPS) is 18.8. The molecule has 0 N–H and O–H groups in total. The van der Waals surface area contributed by atoms with Crippen LogP contribution >= 0.6 is 11.6 Å². The summed E-state index contributed by atoms with van der Waals surface area (Å²) in [6.45, 7) is 3.12. The molecule has 0 spiro atoms. The van der Waals surface area contributed by atoms with Crippen molar-refractivity contribution in [1.82, 2.24) is 9.97 Å². The summed E-state index contributed by atoms with van der Waals surface area (Å²) in [6.07, 6.45) is 2.78. The van der Waals surface area contributed by atoms with Crippen molar-refractivity contribution in [2.45, 2.75) is 18.8 Å². The first-order valence-electron chi connectivity index (χ1n) is 10.5. The molecule has 0 amide bonds. The van der Waals surface area contributed by atoms with E-state index in [9.17, 15) is 9.18 Å². The maximum Gasteiger partial charge on any atom is 0.225 e. The average Bonchev–Trinajstić information content (AvgIpc) is 2.79. The van der Waals surface area contributed by atoms with Gasteiger partial charge in [-0.15, -0.1) is 0 Å². The Labute approximate surface area is 185 Å². The molecule has 3 aromatic rings. The predicted octanol–water partition coefficient (Wildman–Crippen LogP) is 4.51. The lowest BCUT2D eigenvalue weighted by atomic mass is 9.82. The number of anilines is 2. The third-order valence-electron chi connectivity index (χ3n) is 6.13. The molecule has 1 aromatic heterocycles. The van der Waals surface area contributed by atoms with Crippen molar-refractivity contribution in [3.63, 3.8) is 0 Å². The molecule has 1 saturated heterocycles. The van der Waals surface area contributed by atoms with E-state index < -0.39 is 0 Å². The van der Waals surface area contributed by atoms with Crippen LogP contribution in [0.1, 0.15) is 34.0 Å². The van der Waals surface area contributed by atoms with Crippen LogP contribution in [0.25, 0.3) is 0 Å². The minimum absolute atomic E-state index is 0.0340. The van der Waals surface area contributed by atoms with Gasteiger partial charge in [0.1, 0.15) is 5.82 Å². The van der Waals surface area contributed by atoms with Gasteiger partial charge in [-0.1, -0.05) is 29.8 Å². The lowest BCUT2D eigenvalue weighted by Gasteiger charge is -2.36. The largest absolute Gasteiger partial charge is 0.368 e. The van der Waals surface area contributed by atoms with Crippen molar-refractivity contribution in [2.75, 3.05) is 36.0 Å². The lowest BCUT2D eigenvalue weighted by Crippen LogP contribution is -2.47. The van der Waals surface area contributed by atoms with Crippen molar-refractivity contribution >= 4 is 29.0 Å². The molecule has 0 unspecified atom stereocenters. The Hall–Kier alpha value is -2.99. The molecule has 0 saturated carbocycles. The fourth-order valence-corrected chi connectivity index (χ4v) is 4.72. The summed E-state index contributed by atoms with van der Waals surface area (Å²) in [7, 11) is 0. The van der Waals surface area contributed by atoms with Gasteiger partial charge in [0.05, 0.1) is 11.3 Å². The van der Waals surface area contributed by atoms with Gasteiger partial charge in [0.15, 0.2) is 5.78 Å². The summed E-state index contributed by atoms with van der Waals surface area (Å²) < 4.78 is 13.2. The minimum Gasteiger partial charge on any atom is -0.368 e. The van der Waals surface area contributed by atoms with Crippen LogP contribution in [0.4, 0.5) is 16.0 Å².